The van der Waals surface area contributed by atoms with Gasteiger partial charge >= 0.3 is 0 Å². The summed E-state index contributed by atoms with van der Waals surface area (Å²) in [5, 5.41) is 3.34. The summed E-state index contributed by atoms with van der Waals surface area (Å²) < 4.78 is 2.20. The zero-order valence-corrected chi connectivity index (χ0v) is 9.42. The molecule has 0 saturated carbocycles. The molecule has 0 spiro atoms. The SMILES string of the molecule is Cn1c(NCCCN)nc2c1CCCC2. The minimum atomic E-state index is 0.733. The first-order valence-corrected chi connectivity index (χ1v) is 5.81. The Hall–Kier alpha value is -1.03. The minimum absolute atomic E-state index is 0.733. The van der Waals surface area contributed by atoms with Crippen molar-refractivity contribution in [2.24, 2.45) is 12.8 Å². The third kappa shape index (κ3) is 2.15. The van der Waals surface area contributed by atoms with E-state index in [1.165, 1.54) is 30.7 Å². The topological polar surface area (TPSA) is 55.9 Å². The summed E-state index contributed by atoms with van der Waals surface area (Å²) in [6.45, 7) is 1.65. The van der Waals surface area contributed by atoms with Crippen molar-refractivity contribution in [1.82, 2.24) is 9.55 Å². The minimum Gasteiger partial charge on any atom is -0.356 e. The largest absolute Gasteiger partial charge is 0.356 e. The van der Waals surface area contributed by atoms with Crippen LogP contribution in [0.25, 0.3) is 0 Å². The molecule has 0 unspecified atom stereocenters. The van der Waals surface area contributed by atoms with E-state index in [0.717, 1.165) is 31.9 Å². The average molecular weight is 208 g/mol. The van der Waals surface area contributed by atoms with Crippen LogP contribution in [-0.4, -0.2) is 22.6 Å². The van der Waals surface area contributed by atoms with Gasteiger partial charge in [-0.15, -0.1) is 0 Å². The molecule has 0 amide bonds. The number of nitrogens with two attached hydrogens (primary N) is 1. The second-order valence-electron chi connectivity index (χ2n) is 4.16. The highest BCUT2D eigenvalue weighted by Gasteiger charge is 2.17. The van der Waals surface area contributed by atoms with Crippen LogP contribution in [0.4, 0.5) is 5.95 Å². The predicted octanol–water partition coefficient (Wildman–Crippen LogP) is 1.06. The summed E-state index contributed by atoms with van der Waals surface area (Å²) in [7, 11) is 2.10. The summed E-state index contributed by atoms with van der Waals surface area (Å²) in [5.74, 6) is 1.01. The van der Waals surface area contributed by atoms with Crippen molar-refractivity contribution in [2.75, 3.05) is 18.4 Å². The molecule has 1 aromatic heterocycles. The summed E-state index contributed by atoms with van der Waals surface area (Å²) in [6.07, 6.45) is 5.90. The van der Waals surface area contributed by atoms with Gasteiger partial charge in [0.05, 0.1) is 5.69 Å². The van der Waals surface area contributed by atoms with Crippen LogP contribution in [0.2, 0.25) is 0 Å². The van der Waals surface area contributed by atoms with Crippen LogP contribution < -0.4 is 11.1 Å². The molecule has 0 aliphatic heterocycles. The smallest absolute Gasteiger partial charge is 0.203 e. The van der Waals surface area contributed by atoms with Crippen molar-refractivity contribution < 1.29 is 0 Å². The quantitative estimate of drug-likeness (QED) is 0.727. The molecule has 84 valence electrons. The Labute approximate surface area is 90.9 Å². The van der Waals surface area contributed by atoms with Gasteiger partial charge in [0.15, 0.2) is 0 Å². The van der Waals surface area contributed by atoms with Gasteiger partial charge in [-0.05, 0) is 38.6 Å². The van der Waals surface area contributed by atoms with Gasteiger partial charge in [-0.3, -0.25) is 0 Å². The Morgan fingerprint density at radius 2 is 2.20 bits per heavy atom. The van der Waals surface area contributed by atoms with E-state index in [-0.39, 0.29) is 0 Å². The average Bonchev–Trinajstić information content (AvgIpc) is 2.57. The van der Waals surface area contributed by atoms with Crippen LogP contribution in [0, 0.1) is 0 Å². The number of fused-ring (bicyclic) bond motifs is 1. The summed E-state index contributed by atoms with van der Waals surface area (Å²) in [6, 6.07) is 0. The van der Waals surface area contributed by atoms with Gasteiger partial charge < -0.3 is 15.6 Å². The lowest BCUT2D eigenvalue weighted by molar-refractivity contribution is 0.644. The van der Waals surface area contributed by atoms with Gasteiger partial charge in [0, 0.05) is 19.3 Å². The second kappa shape index (κ2) is 4.66. The zero-order valence-electron chi connectivity index (χ0n) is 9.42. The lowest BCUT2D eigenvalue weighted by atomic mass is 10.0. The van der Waals surface area contributed by atoms with Gasteiger partial charge in [0.2, 0.25) is 5.95 Å². The molecular formula is C11H20N4. The first-order valence-electron chi connectivity index (χ1n) is 5.81. The number of anilines is 1. The van der Waals surface area contributed by atoms with E-state index in [1.807, 2.05) is 0 Å². The molecule has 4 nitrogen and oxygen atoms in total. The third-order valence-electron chi connectivity index (χ3n) is 3.04. The van der Waals surface area contributed by atoms with Crippen molar-refractivity contribution in [2.45, 2.75) is 32.1 Å². The van der Waals surface area contributed by atoms with Crippen LogP contribution in [0.1, 0.15) is 30.7 Å². The van der Waals surface area contributed by atoms with Crippen molar-refractivity contribution in [3.8, 4) is 0 Å². The van der Waals surface area contributed by atoms with Crippen LogP contribution >= 0.6 is 0 Å². The Balaban J connectivity index is 2.07. The number of hydrogen-bond donors (Lipinski definition) is 2. The normalized spacial score (nSPS) is 15.1. The summed E-state index contributed by atoms with van der Waals surface area (Å²) in [5.41, 5.74) is 8.17. The monoisotopic (exact) mass is 208 g/mol. The highest BCUT2D eigenvalue weighted by Crippen LogP contribution is 2.23. The Bertz CT molecular complexity index is 330. The maximum absolute atomic E-state index is 5.46. The van der Waals surface area contributed by atoms with E-state index in [0.29, 0.717) is 0 Å². The molecule has 3 N–H and O–H groups in total. The molecule has 1 heterocycles. The number of nitrogens with zero attached hydrogens (tertiary/aromatic N) is 2. The fraction of sp³-hybridized carbons (Fsp3) is 0.727. The Kier molecular flexibility index (Phi) is 3.26. The number of rotatable bonds is 4. The van der Waals surface area contributed by atoms with E-state index in [2.05, 4.69) is 21.9 Å². The molecule has 0 aromatic carbocycles. The van der Waals surface area contributed by atoms with E-state index in [9.17, 15) is 0 Å². The van der Waals surface area contributed by atoms with Crippen molar-refractivity contribution in [1.29, 1.82) is 0 Å². The molecule has 1 aliphatic rings. The summed E-state index contributed by atoms with van der Waals surface area (Å²) in [4.78, 5) is 4.63. The Morgan fingerprint density at radius 1 is 1.40 bits per heavy atom. The van der Waals surface area contributed by atoms with Crippen molar-refractivity contribution in [3.63, 3.8) is 0 Å². The van der Waals surface area contributed by atoms with E-state index in [4.69, 9.17) is 5.73 Å². The molecule has 1 aromatic rings. The molecule has 15 heavy (non-hydrogen) atoms. The van der Waals surface area contributed by atoms with Gasteiger partial charge in [-0.2, -0.15) is 0 Å². The Morgan fingerprint density at radius 3 is 2.93 bits per heavy atom. The zero-order chi connectivity index (χ0) is 10.7. The van der Waals surface area contributed by atoms with E-state index in [1.54, 1.807) is 0 Å². The van der Waals surface area contributed by atoms with Gasteiger partial charge in [0.1, 0.15) is 0 Å². The number of hydrogen-bond acceptors (Lipinski definition) is 3. The molecule has 0 radical (unpaired) electrons. The molecule has 0 fully saturated rings. The highest BCUT2D eigenvalue weighted by molar-refractivity contribution is 5.34. The van der Waals surface area contributed by atoms with Crippen LogP contribution in [0.3, 0.4) is 0 Å². The first-order chi connectivity index (χ1) is 7.33. The molecule has 1 aliphatic carbocycles. The molecule has 2 rings (SSSR count). The number of nitrogens with one attached hydrogen (secondary N) is 1. The van der Waals surface area contributed by atoms with Crippen LogP contribution in [0.5, 0.6) is 0 Å². The molecule has 0 bridgehead atoms. The van der Waals surface area contributed by atoms with E-state index >= 15 is 0 Å². The molecule has 0 saturated heterocycles. The van der Waals surface area contributed by atoms with Crippen LogP contribution in [0.15, 0.2) is 0 Å². The van der Waals surface area contributed by atoms with E-state index < -0.39 is 0 Å². The van der Waals surface area contributed by atoms with Crippen molar-refractivity contribution >= 4 is 5.95 Å². The van der Waals surface area contributed by atoms with Crippen molar-refractivity contribution in [3.05, 3.63) is 11.4 Å². The van der Waals surface area contributed by atoms with Gasteiger partial charge in [-0.1, -0.05) is 0 Å². The lowest BCUT2D eigenvalue weighted by Crippen LogP contribution is -2.12. The maximum atomic E-state index is 5.46. The summed E-state index contributed by atoms with van der Waals surface area (Å²) >= 11 is 0. The predicted molar refractivity (Wildman–Crippen MR) is 62.0 cm³/mol. The number of aromatic nitrogens is 2. The molecular weight excluding hydrogens is 188 g/mol. The highest BCUT2D eigenvalue weighted by atomic mass is 15.2. The lowest BCUT2D eigenvalue weighted by Gasteiger charge is -2.11. The number of aryl methyl sites for hydroxylation is 1. The fourth-order valence-corrected chi connectivity index (χ4v) is 2.15. The molecule has 4 heteroatoms. The van der Waals surface area contributed by atoms with Crippen LogP contribution in [-0.2, 0) is 19.9 Å². The molecule has 0 atom stereocenters. The fourth-order valence-electron chi connectivity index (χ4n) is 2.15. The van der Waals surface area contributed by atoms with Gasteiger partial charge in [-0.25, -0.2) is 4.98 Å². The standard InChI is InChI=1S/C11H20N4/c1-15-10-6-3-2-5-9(10)14-11(15)13-8-4-7-12/h2-8,12H2,1H3,(H,13,14). The van der Waals surface area contributed by atoms with Gasteiger partial charge in [0.25, 0.3) is 0 Å². The third-order valence-corrected chi connectivity index (χ3v) is 3.04. The second-order valence-corrected chi connectivity index (χ2v) is 4.16. The first kappa shape index (κ1) is 10.5. The number of imidazole rings is 1. The maximum Gasteiger partial charge on any atom is 0.203 e.